The first kappa shape index (κ1) is 11.4. The van der Waals surface area contributed by atoms with Gasteiger partial charge in [0.1, 0.15) is 5.56 Å². The van der Waals surface area contributed by atoms with Crippen LogP contribution in [0.5, 0.6) is 0 Å². The van der Waals surface area contributed by atoms with Gasteiger partial charge in [0.2, 0.25) is 0 Å². The highest BCUT2D eigenvalue weighted by Gasteiger charge is 2.13. The van der Waals surface area contributed by atoms with E-state index < -0.39 is 5.97 Å². The molecule has 0 spiro atoms. The van der Waals surface area contributed by atoms with Crippen LogP contribution in [0, 0.1) is 6.92 Å². The van der Waals surface area contributed by atoms with Gasteiger partial charge in [-0.25, -0.2) is 9.78 Å². The fourth-order valence-corrected chi connectivity index (χ4v) is 2.07. The lowest BCUT2D eigenvalue weighted by molar-refractivity contribution is 0.0698. The highest BCUT2D eigenvalue weighted by molar-refractivity contribution is 5.96. The van der Waals surface area contributed by atoms with Crippen molar-refractivity contribution in [1.82, 2.24) is 14.4 Å². The molecular formula is C14H11N3O2. The van der Waals surface area contributed by atoms with Crippen molar-refractivity contribution in [2.75, 3.05) is 0 Å². The maximum Gasteiger partial charge on any atom is 0.339 e. The molecule has 5 nitrogen and oxygen atoms in total. The van der Waals surface area contributed by atoms with Crippen LogP contribution in [0.1, 0.15) is 16.1 Å². The molecule has 3 heterocycles. The van der Waals surface area contributed by atoms with E-state index >= 15 is 0 Å². The zero-order valence-electron chi connectivity index (χ0n) is 10.2. The number of hydrogen-bond acceptors (Lipinski definition) is 3. The molecule has 5 heteroatoms. The maximum absolute atomic E-state index is 11.3. The molecule has 94 valence electrons. The molecule has 0 amide bonds. The van der Waals surface area contributed by atoms with Gasteiger partial charge >= 0.3 is 5.97 Å². The fraction of sp³-hybridized carbons (Fsp3) is 0.0714. The summed E-state index contributed by atoms with van der Waals surface area (Å²) in [6.07, 6.45) is 7.05. The van der Waals surface area contributed by atoms with Crippen LogP contribution in [0.4, 0.5) is 0 Å². The molecule has 3 aromatic rings. The summed E-state index contributed by atoms with van der Waals surface area (Å²) in [4.78, 5) is 19.6. The number of carbonyl (C=O) groups is 1. The number of imidazole rings is 1. The Kier molecular flexibility index (Phi) is 2.52. The van der Waals surface area contributed by atoms with Crippen molar-refractivity contribution >= 4 is 11.6 Å². The van der Waals surface area contributed by atoms with Gasteiger partial charge < -0.3 is 9.51 Å². The molecule has 3 rings (SSSR count). The topological polar surface area (TPSA) is 67.5 Å². The van der Waals surface area contributed by atoms with E-state index in [4.69, 9.17) is 0 Å². The van der Waals surface area contributed by atoms with Gasteiger partial charge in [0.15, 0.2) is 5.65 Å². The van der Waals surface area contributed by atoms with Gasteiger partial charge in [-0.3, -0.25) is 4.98 Å². The lowest BCUT2D eigenvalue weighted by Gasteiger charge is -2.05. The van der Waals surface area contributed by atoms with E-state index in [9.17, 15) is 9.90 Å². The van der Waals surface area contributed by atoms with Crippen LogP contribution in [-0.2, 0) is 0 Å². The molecule has 0 saturated carbocycles. The first-order valence-corrected chi connectivity index (χ1v) is 5.78. The Morgan fingerprint density at radius 2 is 2.16 bits per heavy atom. The highest BCUT2D eigenvalue weighted by atomic mass is 16.4. The number of hydrogen-bond donors (Lipinski definition) is 1. The Balaban J connectivity index is 2.30. The van der Waals surface area contributed by atoms with Crippen LogP contribution in [0.3, 0.4) is 0 Å². The average Bonchev–Trinajstić information content (AvgIpc) is 2.78. The Morgan fingerprint density at radius 3 is 2.84 bits per heavy atom. The first-order chi connectivity index (χ1) is 9.15. The van der Waals surface area contributed by atoms with Crippen molar-refractivity contribution in [3.8, 4) is 11.1 Å². The third-order valence-electron chi connectivity index (χ3n) is 2.90. The van der Waals surface area contributed by atoms with Gasteiger partial charge in [-0.15, -0.1) is 0 Å². The molecule has 0 aliphatic rings. The van der Waals surface area contributed by atoms with E-state index in [-0.39, 0.29) is 5.56 Å². The van der Waals surface area contributed by atoms with Crippen LogP contribution in [0.25, 0.3) is 16.8 Å². The summed E-state index contributed by atoms with van der Waals surface area (Å²) in [5.74, 6) is -0.985. The summed E-state index contributed by atoms with van der Waals surface area (Å²) >= 11 is 0. The van der Waals surface area contributed by atoms with Gasteiger partial charge in [0.25, 0.3) is 0 Å². The number of nitrogens with zero attached hydrogens (tertiary/aromatic N) is 3. The van der Waals surface area contributed by atoms with Crippen molar-refractivity contribution in [1.29, 1.82) is 0 Å². The summed E-state index contributed by atoms with van der Waals surface area (Å²) in [6.45, 7) is 1.84. The monoisotopic (exact) mass is 253 g/mol. The standard InChI is InChI=1S/C14H11N3O2/c1-9-7-17-8-11(10-3-2-4-15-6-10)5-12(14(18)19)13(17)16-9/h2-8H,1H3,(H,18,19). The molecule has 0 radical (unpaired) electrons. The molecule has 0 atom stereocenters. The molecule has 0 unspecified atom stereocenters. The molecule has 19 heavy (non-hydrogen) atoms. The van der Waals surface area contributed by atoms with Crippen molar-refractivity contribution in [2.45, 2.75) is 6.92 Å². The zero-order valence-corrected chi connectivity index (χ0v) is 10.2. The number of aromatic nitrogens is 3. The molecule has 0 bridgehead atoms. The number of aromatic carboxylic acids is 1. The number of pyridine rings is 2. The van der Waals surface area contributed by atoms with E-state index in [2.05, 4.69) is 9.97 Å². The minimum absolute atomic E-state index is 0.189. The largest absolute Gasteiger partial charge is 0.478 e. The third-order valence-corrected chi connectivity index (χ3v) is 2.90. The predicted molar refractivity (Wildman–Crippen MR) is 70.1 cm³/mol. The van der Waals surface area contributed by atoms with Gasteiger partial charge in [0, 0.05) is 35.9 Å². The van der Waals surface area contributed by atoms with E-state index in [0.29, 0.717) is 5.65 Å². The van der Waals surface area contributed by atoms with E-state index in [1.54, 1.807) is 22.9 Å². The summed E-state index contributed by atoms with van der Waals surface area (Å²) in [5.41, 5.74) is 3.10. The van der Waals surface area contributed by atoms with Crippen molar-refractivity contribution < 1.29 is 9.90 Å². The summed E-state index contributed by atoms with van der Waals surface area (Å²) in [7, 11) is 0. The van der Waals surface area contributed by atoms with Crippen molar-refractivity contribution in [3.63, 3.8) is 0 Å². The van der Waals surface area contributed by atoms with Gasteiger partial charge in [-0.05, 0) is 19.1 Å². The second-order valence-corrected chi connectivity index (χ2v) is 4.30. The van der Waals surface area contributed by atoms with E-state index in [1.165, 1.54) is 0 Å². The highest BCUT2D eigenvalue weighted by Crippen LogP contribution is 2.22. The molecular weight excluding hydrogens is 242 g/mol. The molecule has 0 aliphatic carbocycles. The van der Waals surface area contributed by atoms with E-state index in [0.717, 1.165) is 16.8 Å². The minimum atomic E-state index is -0.985. The number of aryl methyl sites for hydroxylation is 1. The quantitative estimate of drug-likeness (QED) is 0.761. The smallest absolute Gasteiger partial charge is 0.339 e. The maximum atomic E-state index is 11.3. The SMILES string of the molecule is Cc1cn2cc(-c3cccnc3)cc(C(=O)O)c2n1. The number of rotatable bonds is 2. The zero-order chi connectivity index (χ0) is 13.4. The Bertz CT molecular complexity index is 763. The second-order valence-electron chi connectivity index (χ2n) is 4.30. The second kappa shape index (κ2) is 4.20. The minimum Gasteiger partial charge on any atom is -0.478 e. The molecule has 0 saturated heterocycles. The van der Waals surface area contributed by atoms with Crippen LogP contribution >= 0.6 is 0 Å². The molecule has 3 aromatic heterocycles. The van der Waals surface area contributed by atoms with Crippen LogP contribution in [0.15, 0.2) is 43.0 Å². The average molecular weight is 253 g/mol. The third kappa shape index (κ3) is 1.95. The van der Waals surface area contributed by atoms with Crippen LogP contribution in [0.2, 0.25) is 0 Å². The van der Waals surface area contributed by atoms with E-state index in [1.807, 2.05) is 31.5 Å². The Labute approximate surface area is 109 Å². The molecule has 0 aromatic carbocycles. The van der Waals surface area contributed by atoms with Crippen LogP contribution in [-0.4, -0.2) is 25.4 Å². The van der Waals surface area contributed by atoms with Gasteiger partial charge in [0.05, 0.1) is 5.69 Å². The van der Waals surface area contributed by atoms with Crippen molar-refractivity contribution in [2.24, 2.45) is 0 Å². The lowest BCUT2D eigenvalue weighted by atomic mass is 10.1. The number of fused-ring (bicyclic) bond motifs is 1. The van der Waals surface area contributed by atoms with Gasteiger partial charge in [-0.2, -0.15) is 0 Å². The Morgan fingerprint density at radius 1 is 1.32 bits per heavy atom. The lowest BCUT2D eigenvalue weighted by Crippen LogP contribution is -2.01. The summed E-state index contributed by atoms with van der Waals surface area (Å²) in [5, 5.41) is 9.29. The number of carboxylic acids is 1. The predicted octanol–water partition coefficient (Wildman–Crippen LogP) is 2.40. The molecule has 0 fully saturated rings. The summed E-state index contributed by atoms with van der Waals surface area (Å²) < 4.78 is 1.74. The van der Waals surface area contributed by atoms with Gasteiger partial charge in [-0.1, -0.05) is 6.07 Å². The number of carboxylic acid groups (broad SMARTS) is 1. The van der Waals surface area contributed by atoms with Crippen LogP contribution < -0.4 is 0 Å². The fourth-order valence-electron chi connectivity index (χ4n) is 2.07. The molecule has 1 N–H and O–H groups in total. The first-order valence-electron chi connectivity index (χ1n) is 5.78. The molecule has 0 aliphatic heterocycles. The van der Waals surface area contributed by atoms with Crippen molar-refractivity contribution in [3.05, 3.63) is 54.2 Å². The summed E-state index contributed by atoms with van der Waals surface area (Å²) in [6, 6.07) is 5.34. The normalized spacial score (nSPS) is 10.8. The Hall–Kier alpha value is -2.69.